The minimum atomic E-state index is -0.828. The molecule has 0 amide bonds. The van der Waals surface area contributed by atoms with E-state index in [2.05, 4.69) is 11.8 Å². The van der Waals surface area contributed by atoms with Crippen LogP contribution in [0.2, 0.25) is 0 Å². The molecule has 0 aromatic rings. The van der Waals surface area contributed by atoms with Gasteiger partial charge in [0.2, 0.25) is 0 Å². The zero-order valence-corrected chi connectivity index (χ0v) is 11.2. The van der Waals surface area contributed by atoms with E-state index in [-0.39, 0.29) is 12.5 Å². The molecule has 2 saturated heterocycles. The molecule has 5 heteroatoms. The van der Waals surface area contributed by atoms with Crippen LogP contribution in [0.25, 0.3) is 0 Å². The van der Waals surface area contributed by atoms with Crippen LogP contribution in [0.1, 0.15) is 33.1 Å². The topological polar surface area (TPSA) is 59.0 Å². The summed E-state index contributed by atoms with van der Waals surface area (Å²) in [6, 6.07) is 0. The summed E-state index contributed by atoms with van der Waals surface area (Å²) in [6.07, 6.45) is 1.77. The van der Waals surface area contributed by atoms with Gasteiger partial charge in [-0.2, -0.15) is 0 Å². The van der Waals surface area contributed by atoms with Gasteiger partial charge in [-0.3, -0.25) is 4.79 Å². The predicted molar refractivity (Wildman–Crippen MR) is 66.3 cm³/mol. The third-order valence-corrected chi connectivity index (χ3v) is 3.87. The fourth-order valence-electron chi connectivity index (χ4n) is 2.98. The number of nitrogens with zero attached hydrogens (tertiary/aromatic N) is 1. The van der Waals surface area contributed by atoms with Gasteiger partial charge in [0.15, 0.2) is 5.79 Å². The Hall–Kier alpha value is -0.650. The van der Waals surface area contributed by atoms with E-state index in [1.54, 1.807) is 0 Å². The van der Waals surface area contributed by atoms with Crippen LogP contribution in [0.4, 0.5) is 0 Å². The van der Waals surface area contributed by atoms with E-state index in [9.17, 15) is 4.79 Å². The maximum absolute atomic E-state index is 10.7. The van der Waals surface area contributed by atoms with Crippen LogP contribution in [-0.2, 0) is 14.3 Å². The lowest BCUT2D eigenvalue weighted by atomic mass is 9.99. The summed E-state index contributed by atoms with van der Waals surface area (Å²) < 4.78 is 11.4. The van der Waals surface area contributed by atoms with Crippen molar-refractivity contribution < 1.29 is 19.4 Å². The number of aliphatic carboxylic acids is 1. The second-order valence-corrected chi connectivity index (χ2v) is 5.53. The first-order valence-corrected chi connectivity index (χ1v) is 6.76. The second kappa shape index (κ2) is 5.55. The molecule has 0 aliphatic carbocycles. The quantitative estimate of drug-likeness (QED) is 0.805. The SMILES string of the molecule is CCN1CCC(CC2(C)OCC(CC(=O)O)O2)C1. The molecule has 0 saturated carbocycles. The van der Waals surface area contributed by atoms with Crippen LogP contribution >= 0.6 is 0 Å². The van der Waals surface area contributed by atoms with Crippen molar-refractivity contribution in [1.82, 2.24) is 4.90 Å². The van der Waals surface area contributed by atoms with Gasteiger partial charge >= 0.3 is 5.97 Å². The van der Waals surface area contributed by atoms with Crippen LogP contribution < -0.4 is 0 Å². The molecule has 3 unspecified atom stereocenters. The number of hydrogen-bond acceptors (Lipinski definition) is 4. The smallest absolute Gasteiger partial charge is 0.306 e. The Labute approximate surface area is 108 Å². The van der Waals surface area contributed by atoms with Crippen molar-refractivity contribution in [3.63, 3.8) is 0 Å². The number of carboxylic acids is 1. The maximum Gasteiger partial charge on any atom is 0.306 e. The third-order valence-electron chi connectivity index (χ3n) is 3.87. The van der Waals surface area contributed by atoms with Crippen molar-refractivity contribution in [3.05, 3.63) is 0 Å². The van der Waals surface area contributed by atoms with Gasteiger partial charge in [0.1, 0.15) is 0 Å². The molecule has 2 heterocycles. The summed E-state index contributed by atoms with van der Waals surface area (Å²) in [6.45, 7) is 7.85. The second-order valence-electron chi connectivity index (χ2n) is 5.53. The fourth-order valence-corrected chi connectivity index (χ4v) is 2.98. The van der Waals surface area contributed by atoms with Gasteiger partial charge in [0.25, 0.3) is 0 Å². The molecule has 3 atom stereocenters. The van der Waals surface area contributed by atoms with E-state index in [1.807, 2.05) is 6.92 Å². The Morgan fingerprint density at radius 3 is 2.94 bits per heavy atom. The third kappa shape index (κ3) is 3.43. The van der Waals surface area contributed by atoms with E-state index in [4.69, 9.17) is 14.6 Å². The first-order valence-electron chi connectivity index (χ1n) is 6.76. The predicted octanol–water partition coefficient (Wildman–Crippen LogP) is 1.32. The van der Waals surface area contributed by atoms with Crippen LogP contribution in [0.5, 0.6) is 0 Å². The molecule has 0 bridgehead atoms. The number of ether oxygens (including phenoxy) is 2. The van der Waals surface area contributed by atoms with Crippen molar-refractivity contribution in [2.45, 2.75) is 45.0 Å². The van der Waals surface area contributed by atoms with Crippen molar-refractivity contribution in [1.29, 1.82) is 0 Å². The molecule has 104 valence electrons. The largest absolute Gasteiger partial charge is 0.481 e. The van der Waals surface area contributed by atoms with Crippen LogP contribution in [-0.4, -0.2) is 54.1 Å². The number of carbonyl (C=O) groups is 1. The molecule has 0 radical (unpaired) electrons. The van der Waals surface area contributed by atoms with Crippen molar-refractivity contribution in [3.8, 4) is 0 Å². The molecular formula is C13H23NO4. The number of hydrogen-bond donors (Lipinski definition) is 1. The Balaban J connectivity index is 1.81. The van der Waals surface area contributed by atoms with Crippen LogP contribution in [0, 0.1) is 5.92 Å². The Morgan fingerprint density at radius 1 is 1.56 bits per heavy atom. The summed E-state index contributed by atoms with van der Waals surface area (Å²) in [5.41, 5.74) is 0. The van der Waals surface area contributed by atoms with Crippen molar-refractivity contribution in [2.24, 2.45) is 5.92 Å². The minimum absolute atomic E-state index is 0.0291. The number of likely N-dealkylation sites (tertiary alicyclic amines) is 1. The standard InChI is InChI=1S/C13H23NO4/c1-3-14-5-4-10(8-14)7-13(2)17-9-11(18-13)6-12(15)16/h10-11H,3-9H2,1-2H3,(H,15,16). The Bertz CT molecular complexity index is 309. The maximum atomic E-state index is 10.7. The van der Waals surface area contributed by atoms with Crippen molar-refractivity contribution in [2.75, 3.05) is 26.2 Å². The molecule has 5 nitrogen and oxygen atoms in total. The van der Waals surface area contributed by atoms with E-state index in [0.29, 0.717) is 12.5 Å². The Kier molecular flexibility index (Phi) is 4.25. The van der Waals surface area contributed by atoms with Gasteiger partial charge in [-0.25, -0.2) is 0 Å². The van der Waals surface area contributed by atoms with E-state index >= 15 is 0 Å². The summed E-state index contributed by atoms with van der Waals surface area (Å²) in [5, 5.41) is 8.75. The molecule has 0 spiro atoms. The van der Waals surface area contributed by atoms with Gasteiger partial charge in [0, 0.05) is 13.0 Å². The highest BCUT2D eigenvalue weighted by molar-refractivity contribution is 5.67. The number of rotatable bonds is 5. The zero-order valence-electron chi connectivity index (χ0n) is 11.2. The molecule has 2 aliphatic heterocycles. The fraction of sp³-hybridized carbons (Fsp3) is 0.923. The molecule has 0 aromatic carbocycles. The molecule has 2 fully saturated rings. The van der Waals surface area contributed by atoms with Gasteiger partial charge in [0.05, 0.1) is 19.1 Å². The first-order chi connectivity index (χ1) is 8.50. The van der Waals surface area contributed by atoms with E-state index in [0.717, 1.165) is 26.1 Å². The average Bonchev–Trinajstić information content (AvgIpc) is 2.85. The van der Waals surface area contributed by atoms with Gasteiger partial charge in [-0.1, -0.05) is 6.92 Å². The average molecular weight is 257 g/mol. The molecular weight excluding hydrogens is 234 g/mol. The normalized spacial score (nSPS) is 37.2. The van der Waals surface area contributed by atoms with Gasteiger partial charge in [-0.05, 0) is 32.4 Å². The highest BCUT2D eigenvalue weighted by Crippen LogP contribution is 2.34. The first kappa shape index (κ1) is 13.8. The molecule has 18 heavy (non-hydrogen) atoms. The highest BCUT2D eigenvalue weighted by atomic mass is 16.7. The number of carboxylic acid groups (broad SMARTS) is 1. The molecule has 2 aliphatic rings. The molecule has 1 N–H and O–H groups in total. The van der Waals surface area contributed by atoms with Crippen LogP contribution in [0.15, 0.2) is 0 Å². The molecule has 0 aromatic heterocycles. The van der Waals surface area contributed by atoms with E-state index < -0.39 is 11.8 Å². The van der Waals surface area contributed by atoms with Crippen LogP contribution in [0.3, 0.4) is 0 Å². The lowest BCUT2D eigenvalue weighted by molar-refractivity contribution is -0.168. The summed E-state index contributed by atoms with van der Waals surface area (Å²) in [4.78, 5) is 13.1. The highest BCUT2D eigenvalue weighted by Gasteiger charge is 2.40. The van der Waals surface area contributed by atoms with Gasteiger partial charge in [-0.15, -0.1) is 0 Å². The zero-order chi connectivity index (χ0) is 13.2. The molecule has 2 rings (SSSR count). The Morgan fingerprint density at radius 2 is 2.33 bits per heavy atom. The monoisotopic (exact) mass is 257 g/mol. The minimum Gasteiger partial charge on any atom is -0.481 e. The van der Waals surface area contributed by atoms with Gasteiger partial charge < -0.3 is 19.5 Å². The van der Waals surface area contributed by atoms with E-state index in [1.165, 1.54) is 6.42 Å². The lowest BCUT2D eigenvalue weighted by Gasteiger charge is -2.26. The lowest BCUT2D eigenvalue weighted by Crippen LogP contribution is -2.31. The summed E-state index contributed by atoms with van der Waals surface area (Å²) in [5.74, 6) is -0.821. The van der Waals surface area contributed by atoms with Crippen molar-refractivity contribution >= 4 is 5.97 Å². The summed E-state index contributed by atoms with van der Waals surface area (Å²) >= 11 is 0. The summed E-state index contributed by atoms with van der Waals surface area (Å²) in [7, 11) is 0.